The maximum atomic E-state index is 13.6. The van der Waals surface area contributed by atoms with E-state index in [0.717, 1.165) is 16.9 Å². The molecule has 0 bridgehead atoms. The monoisotopic (exact) mass is 547 g/mol. The van der Waals surface area contributed by atoms with Gasteiger partial charge in [0.2, 0.25) is 11.8 Å². The molecule has 0 spiro atoms. The molecule has 0 aliphatic rings. The van der Waals surface area contributed by atoms with Crippen molar-refractivity contribution in [3.8, 4) is 5.69 Å². The van der Waals surface area contributed by atoms with Crippen molar-refractivity contribution in [2.45, 2.75) is 12.5 Å². The third-order valence-corrected chi connectivity index (χ3v) is 6.66. The molecule has 1 atom stereocenters. The Bertz CT molecular complexity index is 1620. The molecule has 9 nitrogen and oxygen atoms in total. The highest BCUT2D eigenvalue weighted by atomic mass is 35.5. The molecule has 12 heteroatoms. The molecule has 2 N–H and O–H groups in total. The van der Waals surface area contributed by atoms with Gasteiger partial charge in [0, 0.05) is 23.1 Å². The second-order valence-corrected chi connectivity index (χ2v) is 9.63. The first-order valence-electron chi connectivity index (χ1n) is 11.4. The van der Waals surface area contributed by atoms with Crippen molar-refractivity contribution >= 4 is 56.2 Å². The van der Waals surface area contributed by atoms with Gasteiger partial charge in [-0.25, -0.2) is 9.37 Å². The van der Waals surface area contributed by atoms with Crippen molar-refractivity contribution in [1.29, 1.82) is 0 Å². The second kappa shape index (κ2) is 11.3. The van der Waals surface area contributed by atoms with Crippen molar-refractivity contribution in [3.05, 3.63) is 101 Å². The summed E-state index contributed by atoms with van der Waals surface area (Å²) in [5.74, 6) is -1.33. The summed E-state index contributed by atoms with van der Waals surface area (Å²) in [4.78, 5) is 30.5. The molecule has 0 saturated heterocycles. The molecule has 2 heterocycles. The van der Waals surface area contributed by atoms with Gasteiger partial charge >= 0.3 is 0 Å². The summed E-state index contributed by atoms with van der Waals surface area (Å²) in [6.45, 7) is 0. The van der Waals surface area contributed by atoms with Crippen LogP contribution in [0.5, 0.6) is 0 Å². The van der Waals surface area contributed by atoms with Crippen LogP contribution in [0.2, 0.25) is 5.02 Å². The minimum atomic E-state index is -0.906. The van der Waals surface area contributed by atoms with E-state index in [4.69, 9.17) is 11.6 Å². The molecule has 5 aromatic rings. The molecular weight excluding hydrogens is 529 g/mol. The third-order valence-electron chi connectivity index (χ3n) is 5.50. The smallest absolute Gasteiger partial charge is 0.249 e. The first kappa shape index (κ1) is 25.2. The van der Waals surface area contributed by atoms with E-state index in [9.17, 15) is 14.0 Å². The highest BCUT2D eigenvalue weighted by Gasteiger charge is 2.22. The van der Waals surface area contributed by atoms with E-state index in [1.165, 1.54) is 29.2 Å². The summed E-state index contributed by atoms with van der Waals surface area (Å²) in [6, 6.07) is 17.7. The van der Waals surface area contributed by atoms with Gasteiger partial charge in [0.15, 0.2) is 5.13 Å². The van der Waals surface area contributed by atoms with Gasteiger partial charge in [-0.1, -0.05) is 53.3 Å². The standard InChI is InChI=1S/C26H19ClFN7O2S/c27-18-7-10-22(35-15-29-33-34-35)17(13-18)6-11-24(36)30-21(12-16-4-2-1-3-5-16)25(37)32-26-31-20-9-8-19(28)14-23(20)38-26/h1-11,13-15,21H,12H2,(H,30,36)(H,31,32,37)/b11-6+. The van der Waals surface area contributed by atoms with Crippen LogP contribution in [0.3, 0.4) is 0 Å². The number of aromatic nitrogens is 5. The van der Waals surface area contributed by atoms with Crippen LogP contribution in [0.1, 0.15) is 11.1 Å². The molecule has 1 unspecified atom stereocenters. The zero-order valence-electron chi connectivity index (χ0n) is 19.6. The average molecular weight is 548 g/mol. The number of hydrogen-bond acceptors (Lipinski definition) is 7. The molecule has 0 aliphatic heterocycles. The Balaban J connectivity index is 1.35. The van der Waals surface area contributed by atoms with Gasteiger partial charge in [-0.3, -0.25) is 9.59 Å². The topological polar surface area (TPSA) is 115 Å². The lowest BCUT2D eigenvalue weighted by molar-refractivity contribution is -0.123. The van der Waals surface area contributed by atoms with E-state index in [2.05, 4.69) is 31.1 Å². The Morgan fingerprint density at radius 3 is 2.74 bits per heavy atom. The number of anilines is 1. The van der Waals surface area contributed by atoms with Gasteiger partial charge in [-0.05, 0) is 58.5 Å². The molecule has 3 aromatic carbocycles. The fraction of sp³-hybridized carbons (Fsp3) is 0.0769. The summed E-state index contributed by atoms with van der Waals surface area (Å²) in [6.07, 6.45) is 4.55. The molecule has 0 fully saturated rings. The number of rotatable bonds is 8. The predicted molar refractivity (Wildman–Crippen MR) is 143 cm³/mol. The van der Waals surface area contributed by atoms with Crippen LogP contribution in [0.25, 0.3) is 22.0 Å². The number of nitrogens with one attached hydrogen (secondary N) is 2. The number of thiazole rings is 1. The van der Waals surface area contributed by atoms with Crippen molar-refractivity contribution in [2.24, 2.45) is 0 Å². The summed E-state index contributed by atoms with van der Waals surface area (Å²) in [7, 11) is 0. The van der Waals surface area contributed by atoms with Crippen LogP contribution in [0.4, 0.5) is 9.52 Å². The minimum absolute atomic E-state index is 0.249. The van der Waals surface area contributed by atoms with Crippen molar-refractivity contribution in [1.82, 2.24) is 30.5 Å². The third kappa shape index (κ3) is 6.07. The Morgan fingerprint density at radius 1 is 1.11 bits per heavy atom. The molecule has 2 aromatic heterocycles. The summed E-state index contributed by atoms with van der Waals surface area (Å²) in [5.41, 5.74) is 2.65. The van der Waals surface area contributed by atoms with Gasteiger partial charge in [0.25, 0.3) is 0 Å². The maximum absolute atomic E-state index is 13.6. The molecular formula is C26H19ClFN7O2S. The average Bonchev–Trinajstić information content (AvgIpc) is 3.57. The highest BCUT2D eigenvalue weighted by molar-refractivity contribution is 7.22. The predicted octanol–water partition coefficient (Wildman–Crippen LogP) is 4.44. The number of hydrogen-bond donors (Lipinski definition) is 2. The summed E-state index contributed by atoms with van der Waals surface area (Å²) in [5, 5.41) is 17.5. The first-order valence-corrected chi connectivity index (χ1v) is 12.6. The van der Waals surface area contributed by atoms with Crippen molar-refractivity contribution in [3.63, 3.8) is 0 Å². The summed E-state index contributed by atoms with van der Waals surface area (Å²) < 4.78 is 15.6. The van der Waals surface area contributed by atoms with E-state index in [-0.39, 0.29) is 12.2 Å². The van der Waals surface area contributed by atoms with E-state index >= 15 is 0 Å². The van der Waals surface area contributed by atoms with Gasteiger partial charge in [0.1, 0.15) is 18.2 Å². The van der Waals surface area contributed by atoms with Gasteiger partial charge in [-0.15, -0.1) is 5.10 Å². The molecule has 190 valence electrons. The van der Waals surface area contributed by atoms with Crippen LogP contribution in [0, 0.1) is 5.82 Å². The molecule has 5 rings (SSSR count). The van der Waals surface area contributed by atoms with Crippen LogP contribution in [-0.4, -0.2) is 43.0 Å². The molecule has 2 amide bonds. The Labute approximate surface area is 225 Å². The van der Waals surface area contributed by atoms with Crippen molar-refractivity contribution < 1.29 is 14.0 Å². The van der Waals surface area contributed by atoms with Crippen molar-refractivity contribution in [2.75, 3.05) is 5.32 Å². The second-order valence-electron chi connectivity index (χ2n) is 8.16. The van der Waals surface area contributed by atoms with Crippen LogP contribution in [0.15, 0.2) is 79.1 Å². The zero-order chi connectivity index (χ0) is 26.5. The fourth-order valence-corrected chi connectivity index (χ4v) is 4.80. The van der Waals surface area contributed by atoms with E-state index in [0.29, 0.717) is 31.6 Å². The largest absolute Gasteiger partial charge is 0.340 e. The van der Waals surface area contributed by atoms with E-state index in [1.54, 1.807) is 30.3 Å². The molecule has 38 heavy (non-hydrogen) atoms. The lowest BCUT2D eigenvalue weighted by Gasteiger charge is -2.17. The minimum Gasteiger partial charge on any atom is -0.340 e. The number of fused-ring (bicyclic) bond motifs is 1. The van der Waals surface area contributed by atoms with E-state index < -0.39 is 17.9 Å². The number of amides is 2. The Morgan fingerprint density at radius 2 is 1.95 bits per heavy atom. The van der Waals surface area contributed by atoms with Gasteiger partial charge < -0.3 is 10.6 Å². The fourth-order valence-electron chi connectivity index (χ4n) is 3.73. The van der Waals surface area contributed by atoms with Crippen LogP contribution < -0.4 is 10.6 Å². The SMILES string of the molecule is O=C(/C=C/c1cc(Cl)ccc1-n1cnnn1)NC(Cc1ccccc1)C(=O)Nc1nc2ccc(F)cc2s1. The Hall–Kier alpha value is -4.48. The zero-order valence-corrected chi connectivity index (χ0v) is 21.2. The lowest BCUT2D eigenvalue weighted by Crippen LogP contribution is -2.44. The maximum Gasteiger partial charge on any atom is 0.249 e. The van der Waals surface area contributed by atoms with Crippen LogP contribution >= 0.6 is 22.9 Å². The summed E-state index contributed by atoms with van der Waals surface area (Å²) >= 11 is 7.30. The molecule has 0 aliphatic carbocycles. The number of tetrazole rings is 1. The highest BCUT2D eigenvalue weighted by Crippen LogP contribution is 2.26. The van der Waals surface area contributed by atoms with E-state index in [1.807, 2.05) is 30.3 Å². The Kier molecular flexibility index (Phi) is 7.47. The molecule has 0 saturated carbocycles. The quantitative estimate of drug-likeness (QED) is 0.277. The van der Waals surface area contributed by atoms with Gasteiger partial charge in [0.05, 0.1) is 15.9 Å². The number of benzene rings is 3. The number of halogens is 2. The number of carbonyl (C=O) groups excluding carboxylic acids is 2. The number of nitrogens with zero attached hydrogens (tertiary/aromatic N) is 5. The normalized spacial score (nSPS) is 12.1. The van der Waals surface area contributed by atoms with Crippen LogP contribution in [-0.2, 0) is 16.0 Å². The lowest BCUT2D eigenvalue weighted by atomic mass is 10.1. The first-order chi connectivity index (χ1) is 18.4. The number of carbonyl (C=O) groups is 2. The van der Waals surface area contributed by atoms with Gasteiger partial charge in [-0.2, -0.15) is 4.68 Å². The molecule has 0 radical (unpaired) electrons.